The number of nitrogens with zero attached hydrogens (tertiary/aromatic N) is 4. The van der Waals surface area contributed by atoms with Gasteiger partial charge in [-0.2, -0.15) is 5.10 Å². The third kappa shape index (κ3) is 3.05. The predicted octanol–water partition coefficient (Wildman–Crippen LogP) is 5.36. The smallest absolute Gasteiger partial charge is 0.158 e. The number of fused-ring (bicyclic) bond motifs is 1. The first kappa shape index (κ1) is 17.5. The molecule has 1 aliphatic heterocycles. The second-order valence-corrected chi connectivity index (χ2v) is 7.58. The van der Waals surface area contributed by atoms with Gasteiger partial charge in [0, 0.05) is 23.2 Å². The van der Waals surface area contributed by atoms with Gasteiger partial charge in [-0.3, -0.25) is 0 Å². The molecule has 1 aromatic heterocycles. The van der Waals surface area contributed by atoms with Crippen LogP contribution >= 0.6 is 0 Å². The molecule has 138 valence electrons. The molecule has 0 N–H and O–H groups in total. The van der Waals surface area contributed by atoms with Crippen molar-refractivity contribution in [3.63, 3.8) is 0 Å². The van der Waals surface area contributed by atoms with Gasteiger partial charge in [0.15, 0.2) is 5.82 Å². The third-order valence-electron chi connectivity index (χ3n) is 5.02. The zero-order chi connectivity index (χ0) is 19.0. The summed E-state index contributed by atoms with van der Waals surface area (Å²) in [6.07, 6.45) is 1.99. The van der Waals surface area contributed by atoms with Crippen LogP contribution in [0.15, 0.2) is 71.9 Å². The van der Waals surface area contributed by atoms with Gasteiger partial charge in [0.1, 0.15) is 5.84 Å². The van der Waals surface area contributed by atoms with Crippen LogP contribution in [0.1, 0.15) is 56.5 Å². The first-order chi connectivity index (χ1) is 13.1. The number of hydrogen-bond acceptors (Lipinski definition) is 3. The Bertz CT molecular complexity index is 939. The Morgan fingerprint density at radius 1 is 0.815 bits per heavy atom. The Morgan fingerprint density at radius 3 is 2.04 bits per heavy atom. The zero-order valence-corrected chi connectivity index (χ0v) is 16.4. The summed E-state index contributed by atoms with van der Waals surface area (Å²) in [4.78, 5) is 7.53. The molecule has 27 heavy (non-hydrogen) atoms. The molecule has 1 aliphatic rings. The first-order valence-corrected chi connectivity index (χ1v) is 9.62. The SMILES string of the molecule is CC(C)N1C(c2ccccc2)=Nc2c(cnn2C(C)C)[C@@H]1c1ccccc1. The molecule has 0 aliphatic carbocycles. The van der Waals surface area contributed by atoms with Crippen molar-refractivity contribution in [1.82, 2.24) is 14.7 Å². The fourth-order valence-corrected chi connectivity index (χ4v) is 3.80. The highest BCUT2D eigenvalue weighted by atomic mass is 15.4. The lowest BCUT2D eigenvalue weighted by atomic mass is 9.94. The van der Waals surface area contributed by atoms with Crippen LogP contribution < -0.4 is 0 Å². The minimum atomic E-state index is 0.0985. The summed E-state index contributed by atoms with van der Waals surface area (Å²) < 4.78 is 2.03. The van der Waals surface area contributed by atoms with Crippen molar-refractivity contribution in [3.8, 4) is 0 Å². The number of aliphatic imine (C=N–C) groups is 1. The van der Waals surface area contributed by atoms with Crippen LogP contribution in [0.5, 0.6) is 0 Å². The molecule has 0 spiro atoms. The Hall–Kier alpha value is -2.88. The van der Waals surface area contributed by atoms with Crippen LogP contribution in [0.25, 0.3) is 0 Å². The maximum Gasteiger partial charge on any atom is 0.158 e. The summed E-state index contributed by atoms with van der Waals surface area (Å²) in [7, 11) is 0. The van der Waals surface area contributed by atoms with Crippen LogP contribution in [-0.4, -0.2) is 26.6 Å². The standard InChI is InChI=1S/C23H26N4/c1-16(2)26-21(18-11-7-5-8-12-18)20-15-24-27(17(3)4)23(20)25-22(26)19-13-9-6-10-14-19/h5-17,21H,1-4H3/t21-/m0/s1. The van der Waals surface area contributed by atoms with Crippen molar-refractivity contribution in [3.05, 3.63) is 83.6 Å². The number of amidine groups is 1. The summed E-state index contributed by atoms with van der Waals surface area (Å²) >= 11 is 0. The van der Waals surface area contributed by atoms with E-state index in [0.29, 0.717) is 6.04 Å². The molecule has 0 fully saturated rings. The topological polar surface area (TPSA) is 33.4 Å². The summed E-state index contributed by atoms with van der Waals surface area (Å²) in [5.41, 5.74) is 3.57. The number of aromatic nitrogens is 2. The van der Waals surface area contributed by atoms with Crippen LogP contribution in [0.2, 0.25) is 0 Å². The Balaban J connectivity index is 1.98. The summed E-state index contributed by atoms with van der Waals surface area (Å²) in [6.45, 7) is 8.76. The summed E-state index contributed by atoms with van der Waals surface area (Å²) in [6, 6.07) is 21.8. The molecule has 0 saturated heterocycles. The highest BCUT2D eigenvalue weighted by molar-refractivity contribution is 6.02. The van der Waals surface area contributed by atoms with E-state index in [9.17, 15) is 0 Å². The van der Waals surface area contributed by atoms with Gasteiger partial charge in [0.2, 0.25) is 0 Å². The maximum atomic E-state index is 5.12. The van der Waals surface area contributed by atoms with Gasteiger partial charge >= 0.3 is 0 Å². The zero-order valence-electron chi connectivity index (χ0n) is 16.4. The van der Waals surface area contributed by atoms with E-state index < -0.39 is 0 Å². The maximum absolute atomic E-state index is 5.12. The Kier molecular flexibility index (Phi) is 4.56. The molecule has 3 aromatic rings. The molecular weight excluding hydrogens is 332 g/mol. The van der Waals surface area contributed by atoms with E-state index in [-0.39, 0.29) is 12.1 Å². The third-order valence-corrected chi connectivity index (χ3v) is 5.02. The van der Waals surface area contributed by atoms with Gasteiger partial charge in [0.25, 0.3) is 0 Å². The van der Waals surface area contributed by atoms with Crippen LogP contribution in [0.4, 0.5) is 5.82 Å². The lowest BCUT2D eigenvalue weighted by Gasteiger charge is -2.40. The van der Waals surface area contributed by atoms with Gasteiger partial charge in [0.05, 0.1) is 12.2 Å². The summed E-state index contributed by atoms with van der Waals surface area (Å²) in [5.74, 6) is 1.98. The van der Waals surface area contributed by atoms with E-state index in [1.807, 2.05) is 16.9 Å². The van der Waals surface area contributed by atoms with Gasteiger partial charge < -0.3 is 4.90 Å². The molecule has 0 unspecified atom stereocenters. The van der Waals surface area contributed by atoms with Gasteiger partial charge in [-0.15, -0.1) is 0 Å². The van der Waals surface area contributed by atoms with E-state index in [2.05, 4.69) is 92.3 Å². The van der Waals surface area contributed by atoms with E-state index in [0.717, 1.165) is 17.2 Å². The lowest BCUT2D eigenvalue weighted by Crippen LogP contribution is -2.42. The molecule has 0 radical (unpaired) electrons. The van der Waals surface area contributed by atoms with Gasteiger partial charge in [-0.25, -0.2) is 9.67 Å². The van der Waals surface area contributed by atoms with Crippen molar-refractivity contribution in [2.75, 3.05) is 0 Å². The number of benzene rings is 2. The van der Waals surface area contributed by atoms with Crippen LogP contribution in [-0.2, 0) is 0 Å². The van der Waals surface area contributed by atoms with Crippen molar-refractivity contribution in [2.24, 2.45) is 4.99 Å². The summed E-state index contributed by atoms with van der Waals surface area (Å²) in [5, 5.41) is 4.68. The van der Waals surface area contributed by atoms with Crippen molar-refractivity contribution >= 4 is 11.7 Å². The molecule has 0 amide bonds. The second kappa shape index (κ2) is 7.03. The highest BCUT2D eigenvalue weighted by Gasteiger charge is 2.36. The van der Waals surface area contributed by atoms with Crippen LogP contribution in [0, 0.1) is 0 Å². The predicted molar refractivity (Wildman–Crippen MR) is 111 cm³/mol. The highest BCUT2D eigenvalue weighted by Crippen LogP contribution is 2.42. The minimum absolute atomic E-state index is 0.0985. The fourth-order valence-electron chi connectivity index (χ4n) is 3.80. The average Bonchev–Trinajstić information content (AvgIpc) is 3.11. The molecular formula is C23H26N4. The van der Waals surface area contributed by atoms with E-state index in [4.69, 9.17) is 4.99 Å². The van der Waals surface area contributed by atoms with Gasteiger partial charge in [-0.05, 0) is 33.3 Å². The largest absolute Gasteiger partial charge is 0.342 e. The Morgan fingerprint density at radius 2 is 1.44 bits per heavy atom. The quantitative estimate of drug-likeness (QED) is 0.629. The molecule has 4 heteroatoms. The Labute approximate surface area is 161 Å². The van der Waals surface area contributed by atoms with E-state index in [1.54, 1.807) is 0 Å². The molecule has 1 atom stereocenters. The normalized spacial score (nSPS) is 16.6. The number of hydrogen-bond donors (Lipinski definition) is 0. The van der Waals surface area contributed by atoms with Crippen molar-refractivity contribution in [1.29, 1.82) is 0 Å². The van der Waals surface area contributed by atoms with Crippen LogP contribution in [0.3, 0.4) is 0 Å². The monoisotopic (exact) mass is 358 g/mol. The lowest BCUT2D eigenvalue weighted by molar-refractivity contribution is 0.292. The molecule has 4 nitrogen and oxygen atoms in total. The molecule has 4 rings (SSSR count). The minimum Gasteiger partial charge on any atom is -0.342 e. The molecule has 0 bridgehead atoms. The molecule has 0 saturated carbocycles. The molecule has 2 heterocycles. The second-order valence-electron chi connectivity index (χ2n) is 7.58. The van der Waals surface area contributed by atoms with Crippen molar-refractivity contribution < 1.29 is 0 Å². The van der Waals surface area contributed by atoms with Gasteiger partial charge in [-0.1, -0.05) is 60.7 Å². The number of rotatable bonds is 4. The fraction of sp³-hybridized carbons (Fsp3) is 0.304. The average molecular weight is 358 g/mol. The first-order valence-electron chi connectivity index (χ1n) is 9.62. The van der Waals surface area contributed by atoms with E-state index in [1.165, 1.54) is 11.1 Å². The molecule has 2 aromatic carbocycles. The van der Waals surface area contributed by atoms with Crippen molar-refractivity contribution in [2.45, 2.75) is 45.8 Å². The van der Waals surface area contributed by atoms with E-state index >= 15 is 0 Å².